The molecule has 0 aliphatic heterocycles. The molecule has 30 heavy (non-hydrogen) atoms. The van der Waals surface area contributed by atoms with Gasteiger partial charge in [-0.2, -0.15) is 0 Å². The van der Waals surface area contributed by atoms with Crippen LogP contribution in [0.15, 0.2) is 36.5 Å². The van der Waals surface area contributed by atoms with Gasteiger partial charge in [-0.25, -0.2) is 9.37 Å². The predicted octanol–water partition coefficient (Wildman–Crippen LogP) is 3.18. The lowest BCUT2D eigenvalue weighted by Gasteiger charge is -2.62. The summed E-state index contributed by atoms with van der Waals surface area (Å²) in [7, 11) is 0. The molecule has 4 saturated carbocycles. The second-order valence-corrected chi connectivity index (χ2v) is 9.45. The van der Waals surface area contributed by atoms with E-state index in [4.69, 9.17) is 0 Å². The van der Waals surface area contributed by atoms with Crippen LogP contribution >= 0.6 is 0 Å². The number of amides is 2. The first-order valence-corrected chi connectivity index (χ1v) is 10.5. The van der Waals surface area contributed by atoms with Gasteiger partial charge in [-0.05, 0) is 75.5 Å². The normalized spacial score (nSPS) is 31.4. The molecule has 6 rings (SSSR count). The number of nitrogens with zero attached hydrogens (tertiary/aromatic N) is 2. The molecule has 0 spiro atoms. The Morgan fingerprint density at radius 3 is 2.23 bits per heavy atom. The zero-order valence-electron chi connectivity index (χ0n) is 17.0. The molecule has 4 bridgehead atoms. The third-order valence-corrected chi connectivity index (χ3v) is 6.89. The molecule has 4 aliphatic rings. The highest BCUT2D eigenvalue weighted by molar-refractivity contribution is 5.93. The van der Waals surface area contributed by atoms with Gasteiger partial charge in [0.05, 0.1) is 0 Å². The van der Waals surface area contributed by atoms with Gasteiger partial charge in [0.15, 0.2) is 0 Å². The Balaban J connectivity index is 1.38. The SMILES string of the molecule is Cc1cccc(C(=O)NC23CC4CC(CC(NC(=O)c5cc(F)ccn5)(C4)C2)C3)n1. The molecule has 4 fully saturated rings. The fraction of sp³-hybridized carbons (Fsp3) is 0.478. The first kappa shape index (κ1) is 19.2. The van der Waals surface area contributed by atoms with Gasteiger partial charge in [0.25, 0.3) is 11.8 Å². The Labute approximate surface area is 174 Å². The van der Waals surface area contributed by atoms with Gasteiger partial charge in [0.1, 0.15) is 17.2 Å². The van der Waals surface area contributed by atoms with Crippen molar-refractivity contribution in [2.75, 3.05) is 0 Å². The van der Waals surface area contributed by atoms with Gasteiger partial charge >= 0.3 is 0 Å². The smallest absolute Gasteiger partial charge is 0.270 e. The number of pyridine rings is 2. The maximum atomic E-state index is 13.5. The van der Waals surface area contributed by atoms with E-state index < -0.39 is 5.82 Å². The van der Waals surface area contributed by atoms with E-state index in [9.17, 15) is 14.0 Å². The molecule has 6 nitrogen and oxygen atoms in total. The maximum absolute atomic E-state index is 13.5. The quantitative estimate of drug-likeness (QED) is 0.814. The molecule has 2 heterocycles. The number of hydrogen-bond donors (Lipinski definition) is 2. The van der Waals surface area contributed by atoms with Crippen LogP contribution in [0.1, 0.15) is 65.2 Å². The van der Waals surface area contributed by atoms with Crippen molar-refractivity contribution >= 4 is 11.8 Å². The van der Waals surface area contributed by atoms with Crippen molar-refractivity contribution in [3.05, 3.63) is 59.4 Å². The molecule has 0 radical (unpaired) electrons. The molecule has 0 aromatic carbocycles. The fourth-order valence-electron chi connectivity index (χ4n) is 6.36. The van der Waals surface area contributed by atoms with Crippen LogP contribution in [0.2, 0.25) is 0 Å². The molecule has 2 unspecified atom stereocenters. The van der Waals surface area contributed by atoms with Crippen molar-refractivity contribution in [3.63, 3.8) is 0 Å². The van der Waals surface area contributed by atoms with Crippen LogP contribution in [-0.2, 0) is 0 Å². The van der Waals surface area contributed by atoms with Crippen molar-refractivity contribution < 1.29 is 14.0 Å². The summed E-state index contributed by atoms with van der Waals surface area (Å²) >= 11 is 0. The van der Waals surface area contributed by atoms with Crippen LogP contribution in [0.25, 0.3) is 0 Å². The molecule has 0 saturated heterocycles. The summed E-state index contributed by atoms with van der Waals surface area (Å²) in [6.45, 7) is 1.87. The molecule has 156 valence electrons. The summed E-state index contributed by atoms with van der Waals surface area (Å²) < 4.78 is 13.5. The number of nitrogens with one attached hydrogen (secondary N) is 2. The lowest BCUT2D eigenvalue weighted by Crippen LogP contribution is -2.70. The number of aryl methyl sites for hydroxylation is 1. The van der Waals surface area contributed by atoms with Gasteiger partial charge in [-0.3, -0.25) is 14.6 Å². The summed E-state index contributed by atoms with van der Waals surface area (Å²) in [4.78, 5) is 34.2. The monoisotopic (exact) mass is 408 g/mol. The van der Waals surface area contributed by atoms with E-state index in [0.29, 0.717) is 24.0 Å². The standard InChI is InChI=1S/C23H25FN4O2/c1-14-3-2-4-18(26-14)20(29)27-22-9-15-7-16(10-22)12-23(11-15,13-22)28-21(30)19-8-17(24)5-6-25-19/h2-6,8,15-16H,7,9-13H2,1H3,(H,27,29)(H,28,30). The minimum Gasteiger partial charge on any atom is -0.345 e. The van der Waals surface area contributed by atoms with E-state index in [0.717, 1.165) is 43.9 Å². The highest BCUT2D eigenvalue weighted by Crippen LogP contribution is 2.57. The van der Waals surface area contributed by atoms with Crippen LogP contribution in [0.5, 0.6) is 0 Å². The second kappa shape index (κ2) is 6.86. The van der Waals surface area contributed by atoms with Gasteiger partial charge in [-0.1, -0.05) is 6.07 Å². The lowest BCUT2D eigenvalue weighted by molar-refractivity contribution is -0.0449. The van der Waals surface area contributed by atoms with Crippen LogP contribution in [0, 0.1) is 24.6 Å². The third-order valence-electron chi connectivity index (χ3n) is 6.89. The average molecular weight is 408 g/mol. The van der Waals surface area contributed by atoms with E-state index in [1.807, 2.05) is 19.1 Å². The molecular weight excluding hydrogens is 383 g/mol. The van der Waals surface area contributed by atoms with Crippen LogP contribution in [0.3, 0.4) is 0 Å². The first-order valence-electron chi connectivity index (χ1n) is 10.5. The Hall–Kier alpha value is -2.83. The highest BCUT2D eigenvalue weighted by atomic mass is 19.1. The molecule has 7 heteroatoms. The van der Waals surface area contributed by atoms with Gasteiger partial charge < -0.3 is 10.6 Å². The Bertz CT molecular complexity index is 932. The van der Waals surface area contributed by atoms with Crippen LogP contribution in [-0.4, -0.2) is 32.9 Å². The zero-order chi connectivity index (χ0) is 20.9. The summed E-state index contributed by atoms with van der Waals surface area (Å²) in [5.41, 5.74) is 0.595. The van der Waals surface area contributed by atoms with E-state index in [2.05, 4.69) is 20.6 Å². The Morgan fingerprint density at radius 1 is 1.00 bits per heavy atom. The van der Waals surface area contributed by atoms with E-state index in [1.54, 1.807) is 6.07 Å². The van der Waals surface area contributed by atoms with E-state index in [-0.39, 0.29) is 28.6 Å². The fourth-order valence-corrected chi connectivity index (χ4v) is 6.36. The van der Waals surface area contributed by atoms with Gasteiger partial charge in [-0.15, -0.1) is 0 Å². The first-order chi connectivity index (χ1) is 14.3. The van der Waals surface area contributed by atoms with Crippen molar-refractivity contribution in [1.29, 1.82) is 0 Å². The number of rotatable bonds is 4. The molecule has 2 amide bonds. The maximum Gasteiger partial charge on any atom is 0.270 e. The summed E-state index contributed by atoms with van der Waals surface area (Å²) in [6.07, 6.45) is 6.77. The molecular formula is C23H25FN4O2. The topological polar surface area (TPSA) is 84.0 Å². The molecule has 2 atom stereocenters. The number of halogens is 1. The number of carbonyl (C=O) groups is 2. The minimum atomic E-state index is -0.477. The summed E-state index contributed by atoms with van der Waals surface area (Å²) in [5.74, 6) is -0.0715. The largest absolute Gasteiger partial charge is 0.345 e. The van der Waals surface area contributed by atoms with Crippen LogP contribution in [0.4, 0.5) is 4.39 Å². The number of aromatic nitrogens is 2. The van der Waals surface area contributed by atoms with Crippen LogP contribution < -0.4 is 10.6 Å². The lowest BCUT2D eigenvalue weighted by atomic mass is 9.49. The average Bonchev–Trinajstić information content (AvgIpc) is 2.66. The zero-order valence-corrected chi connectivity index (χ0v) is 17.0. The summed E-state index contributed by atoms with van der Waals surface area (Å²) in [5, 5.41) is 6.47. The van der Waals surface area contributed by atoms with Gasteiger partial charge in [0, 0.05) is 29.0 Å². The molecule has 4 aliphatic carbocycles. The van der Waals surface area contributed by atoms with Crippen molar-refractivity contribution in [3.8, 4) is 0 Å². The van der Waals surface area contributed by atoms with Crippen molar-refractivity contribution in [2.45, 2.75) is 56.5 Å². The Kier molecular flexibility index (Phi) is 4.38. The third kappa shape index (κ3) is 3.46. The predicted molar refractivity (Wildman–Crippen MR) is 108 cm³/mol. The number of carbonyl (C=O) groups excluding carboxylic acids is 2. The highest BCUT2D eigenvalue weighted by Gasteiger charge is 2.58. The van der Waals surface area contributed by atoms with E-state index in [1.165, 1.54) is 12.3 Å². The van der Waals surface area contributed by atoms with Crippen molar-refractivity contribution in [2.24, 2.45) is 11.8 Å². The van der Waals surface area contributed by atoms with Crippen molar-refractivity contribution in [1.82, 2.24) is 20.6 Å². The molecule has 2 aromatic rings. The molecule has 2 N–H and O–H groups in total. The van der Waals surface area contributed by atoms with Gasteiger partial charge in [0.2, 0.25) is 0 Å². The number of hydrogen-bond acceptors (Lipinski definition) is 4. The van der Waals surface area contributed by atoms with E-state index >= 15 is 0 Å². The molecule has 2 aromatic heterocycles. The Morgan fingerprint density at radius 2 is 1.63 bits per heavy atom. The second-order valence-electron chi connectivity index (χ2n) is 9.45. The summed E-state index contributed by atoms with van der Waals surface area (Å²) in [6, 6.07) is 7.83. The minimum absolute atomic E-state index is 0.0905.